The van der Waals surface area contributed by atoms with E-state index in [0.717, 1.165) is 49.8 Å². The summed E-state index contributed by atoms with van der Waals surface area (Å²) in [4.78, 5) is 14.3. The molecule has 0 aromatic heterocycles. The second-order valence-corrected chi connectivity index (χ2v) is 10.1. The molecule has 0 spiro atoms. The van der Waals surface area contributed by atoms with Crippen LogP contribution in [0.3, 0.4) is 0 Å². The molecule has 0 N–H and O–H groups in total. The van der Waals surface area contributed by atoms with E-state index in [4.69, 9.17) is 11.6 Å². The van der Waals surface area contributed by atoms with Crippen molar-refractivity contribution in [1.82, 2.24) is 4.31 Å². The van der Waals surface area contributed by atoms with Gasteiger partial charge in [-0.2, -0.15) is 4.31 Å². The first-order chi connectivity index (χ1) is 14.4. The molecule has 0 aliphatic carbocycles. The van der Waals surface area contributed by atoms with Gasteiger partial charge in [0, 0.05) is 37.3 Å². The number of amides is 1. The second kappa shape index (κ2) is 10.4. The topological polar surface area (TPSA) is 57.7 Å². The fourth-order valence-electron chi connectivity index (χ4n) is 3.87. The van der Waals surface area contributed by atoms with Crippen LogP contribution in [0.25, 0.3) is 0 Å². The van der Waals surface area contributed by atoms with Gasteiger partial charge in [0.15, 0.2) is 0 Å². The maximum atomic E-state index is 13.4. The van der Waals surface area contributed by atoms with Crippen molar-refractivity contribution in [3.8, 4) is 0 Å². The second-order valence-electron chi connectivity index (χ2n) is 7.72. The van der Waals surface area contributed by atoms with E-state index in [1.165, 1.54) is 10.4 Å². The first-order valence-electron chi connectivity index (χ1n) is 10.5. The molecule has 0 radical (unpaired) electrons. The van der Waals surface area contributed by atoms with Crippen LogP contribution >= 0.6 is 11.6 Å². The molecule has 1 aliphatic rings. The zero-order chi connectivity index (χ0) is 21.6. The summed E-state index contributed by atoms with van der Waals surface area (Å²) in [7, 11) is -3.72. The first-order valence-corrected chi connectivity index (χ1v) is 12.3. The normalized spacial score (nSPS) is 17.3. The van der Waals surface area contributed by atoms with Gasteiger partial charge in [0.2, 0.25) is 15.9 Å². The van der Waals surface area contributed by atoms with Crippen LogP contribution in [0.5, 0.6) is 0 Å². The number of sulfonamides is 1. The molecular weight excluding hydrogens is 420 g/mol. The Bertz CT molecular complexity index is 978. The number of fused-ring (bicyclic) bond motifs is 1. The van der Waals surface area contributed by atoms with Crippen LogP contribution in [0.4, 0.5) is 5.69 Å². The number of rotatable bonds is 2. The van der Waals surface area contributed by atoms with E-state index >= 15 is 0 Å². The summed E-state index contributed by atoms with van der Waals surface area (Å²) in [6.07, 6.45) is 5.96. The highest BCUT2D eigenvalue weighted by Crippen LogP contribution is 2.27. The minimum atomic E-state index is -3.72. The lowest BCUT2D eigenvalue weighted by atomic mass is 10.1. The predicted octanol–water partition coefficient (Wildman–Crippen LogP) is 5.24. The van der Waals surface area contributed by atoms with Crippen molar-refractivity contribution >= 4 is 33.2 Å². The Kier molecular flexibility index (Phi) is 7.92. The summed E-state index contributed by atoms with van der Waals surface area (Å²) >= 11 is 6.06. The Labute approximate surface area is 184 Å². The van der Waals surface area contributed by atoms with Crippen molar-refractivity contribution in [2.45, 2.75) is 56.9 Å². The minimum absolute atomic E-state index is 0.0263. The van der Waals surface area contributed by atoms with Gasteiger partial charge in [0.05, 0.1) is 4.90 Å². The third kappa shape index (κ3) is 5.62. The number of carbonyl (C=O) groups excluding carboxylic acids is 1. The molecule has 30 heavy (non-hydrogen) atoms. The number of benzene rings is 2. The lowest BCUT2D eigenvalue weighted by Gasteiger charge is -2.27. The fourth-order valence-corrected chi connectivity index (χ4v) is 5.63. The van der Waals surface area contributed by atoms with Gasteiger partial charge < -0.3 is 4.90 Å². The number of anilines is 1. The van der Waals surface area contributed by atoms with Gasteiger partial charge in [0.1, 0.15) is 0 Å². The SMILES string of the molecule is CC(=O)N1CCCCCCCCN(S(=O)(=O)c2cccc(Cl)c2)Cc2ccccc21. The molecular formula is C23H29ClN2O3S. The molecule has 1 aliphatic heterocycles. The zero-order valence-electron chi connectivity index (χ0n) is 17.4. The van der Waals surface area contributed by atoms with Crippen LogP contribution in [0.2, 0.25) is 5.02 Å². The quantitative estimate of drug-likeness (QED) is 0.631. The van der Waals surface area contributed by atoms with E-state index in [1.807, 2.05) is 24.3 Å². The van der Waals surface area contributed by atoms with Gasteiger partial charge in [-0.3, -0.25) is 4.79 Å². The first kappa shape index (κ1) is 22.8. The van der Waals surface area contributed by atoms with Crippen LogP contribution in [0.15, 0.2) is 53.4 Å². The number of halogens is 1. The Balaban J connectivity index is 2.01. The van der Waals surface area contributed by atoms with Gasteiger partial charge in [-0.15, -0.1) is 0 Å². The Morgan fingerprint density at radius 2 is 1.57 bits per heavy atom. The third-order valence-electron chi connectivity index (χ3n) is 5.48. The van der Waals surface area contributed by atoms with Gasteiger partial charge in [-0.1, -0.05) is 61.5 Å². The molecule has 3 rings (SSSR count). The standard InChI is InChI=1S/C23H29ClN2O3S/c1-19(27)26-16-9-5-3-2-4-8-15-25(18-20-11-6-7-14-23(20)26)30(28,29)22-13-10-12-21(24)17-22/h6-7,10-14,17H,2-5,8-9,15-16,18H2,1H3. The molecule has 2 aromatic carbocycles. The van der Waals surface area contributed by atoms with Gasteiger partial charge >= 0.3 is 0 Å². The van der Waals surface area contributed by atoms with Crippen LogP contribution in [-0.2, 0) is 21.4 Å². The van der Waals surface area contributed by atoms with Crippen molar-refractivity contribution in [2.75, 3.05) is 18.0 Å². The average molecular weight is 449 g/mol. The van der Waals surface area contributed by atoms with Crippen molar-refractivity contribution in [3.05, 3.63) is 59.1 Å². The number of carbonyl (C=O) groups is 1. The minimum Gasteiger partial charge on any atom is -0.312 e. The highest BCUT2D eigenvalue weighted by Gasteiger charge is 2.26. The van der Waals surface area contributed by atoms with Crippen LogP contribution in [-0.4, -0.2) is 31.7 Å². The highest BCUT2D eigenvalue weighted by molar-refractivity contribution is 7.89. The predicted molar refractivity (Wildman–Crippen MR) is 121 cm³/mol. The Hall–Kier alpha value is -1.89. The highest BCUT2D eigenvalue weighted by atomic mass is 35.5. The molecule has 162 valence electrons. The molecule has 1 heterocycles. The average Bonchev–Trinajstić information content (AvgIpc) is 2.73. The van der Waals surface area contributed by atoms with Crippen molar-refractivity contribution in [1.29, 1.82) is 0 Å². The van der Waals surface area contributed by atoms with E-state index in [0.29, 0.717) is 18.1 Å². The van der Waals surface area contributed by atoms with Crippen LogP contribution in [0, 0.1) is 0 Å². The summed E-state index contributed by atoms with van der Waals surface area (Å²) in [5.74, 6) is -0.0263. The molecule has 0 bridgehead atoms. The largest absolute Gasteiger partial charge is 0.312 e. The summed E-state index contributed by atoms with van der Waals surface area (Å²) in [6, 6.07) is 14.0. The molecule has 2 aromatic rings. The summed E-state index contributed by atoms with van der Waals surface area (Å²) in [6.45, 7) is 2.86. The summed E-state index contributed by atoms with van der Waals surface area (Å²) in [5.41, 5.74) is 1.62. The third-order valence-corrected chi connectivity index (χ3v) is 7.56. The lowest BCUT2D eigenvalue weighted by Crippen LogP contribution is -2.34. The van der Waals surface area contributed by atoms with E-state index in [-0.39, 0.29) is 17.3 Å². The molecule has 5 nitrogen and oxygen atoms in total. The summed E-state index contributed by atoms with van der Waals surface area (Å²) < 4.78 is 28.4. The number of hydrogen-bond acceptors (Lipinski definition) is 3. The monoisotopic (exact) mass is 448 g/mol. The molecule has 1 amide bonds. The number of hydrogen-bond donors (Lipinski definition) is 0. The number of para-hydroxylation sites is 1. The molecule has 0 saturated heterocycles. The Morgan fingerprint density at radius 3 is 2.27 bits per heavy atom. The number of nitrogens with zero attached hydrogens (tertiary/aromatic N) is 2. The van der Waals surface area contributed by atoms with Gasteiger partial charge in [0.25, 0.3) is 0 Å². The molecule has 0 saturated carbocycles. The molecule has 0 fully saturated rings. The summed E-state index contributed by atoms with van der Waals surface area (Å²) in [5, 5.41) is 0.394. The Morgan fingerprint density at radius 1 is 0.900 bits per heavy atom. The van der Waals surface area contributed by atoms with Crippen molar-refractivity contribution in [3.63, 3.8) is 0 Å². The van der Waals surface area contributed by atoms with Crippen LogP contribution < -0.4 is 4.90 Å². The van der Waals surface area contributed by atoms with Gasteiger partial charge in [-0.25, -0.2) is 8.42 Å². The van der Waals surface area contributed by atoms with E-state index in [2.05, 4.69) is 0 Å². The molecule has 0 unspecified atom stereocenters. The smallest absolute Gasteiger partial charge is 0.243 e. The van der Waals surface area contributed by atoms with Crippen molar-refractivity contribution in [2.24, 2.45) is 0 Å². The van der Waals surface area contributed by atoms with Gasteiger partial charge in [-0.05, 0) is 42.7 Å². The van der Waals surface area contributed by atoms with Crippen LogP contribution in [0.1, 0.15) is 51.0 Å². The molecule has 7 heteroatoms. The van der Waals surface area contributed by atoms with E-state index < -0.39 is 10.0 Å². The fraction of sp³-hybridized carbons (Fsp3) is 0.435. The maximum Gasteiger partial charge on any atom is 0.243 e. The van der Waals surface area contributed by atoms with Crippen molar-refractivity contribution < 1.29 is 13.2 Å². The van der Waals surface area contributed by atoms with E-state index in [9.17, 15) is 13.2 Å². The maximum absolute atomic E-state index is 13.4. The van der Waals surface area contributed by atoms with E-state index in [1.54, 1.807) is 30.0 Å². The lowest BCUT2D eigenvalue weighted by molar-refractivity contribution is -0.116. The zero-order valence-corrected chi connectivity index (χ0v) is 19.0. The molecule has 0 atom stereocenters.